The molecule has 5 nitrogen and oxygen atoms in total. The van der Waals surface area contributed by atoms with Crippen LogP contribution in [0.3, 0.4) is 0 Å². The van der Waals surface area contributed by atoms with Crippen LogP contribution >= 0.6 is 25.3 Å². The van der Waals surface area contributed by atoms with Gasteiger partial charge in [0.05, 0.1) is 6.10 Å². The van der Waals surface area contributed by atoms with Gasteiger partial charge in [0.1, 0.15) is 6.04 Å². The van der Waals surface area contributed by atoms with Crippen LogP contribution < -0.4 is 0 Å². The number of nitrogens with zero attached hydrogens (tertiary/aromatic N) is 1. The van der Waals surface area contributed by atoms with Crippen LogP contribution in [-0.4, -0.2) is 56.7 Å². The quantitative estimate of drug-likeness (QED) is 0.400. The number of likely N-dealkylation sites (tertiary alicyclic amines) is 1. The van der Waals surface area contributed by atoms with Crippen molar-refractivity contribution in [3.05, 3.63) is 0 Å². The first-order valence-electron chi connectivity index (χ1n) is 6.95. The van der Waals surface area contributed by atoms with E-state index in [2.05, 4.69) is 25.3 Å². The number of thiol groups is 2. The zero-order valence-corrected chi connectivity index (χ0v) is 13.2. The van der Waals surface area contributed by atoms with Crippen LogP contribution in [0.4, 0.5) is 0 Å². The fourth-order valence-electron chi connectivity index (χ4n) is 2.42. The zero-order valence-electron chi connectivity index (χ0n) is 11.4. The number of aliphatic hydroxyl groups excluding tert-OH is 1. The molecule has 7 heteroatoms. The molecule has 0 spiro atoms. The average Bonchev–Trinajstić information content (AvgIpc) is 2.77. The molecule has 1 aliphatic rings. The van der Waals surface area contributed by atoms with E-state index in [1.165, 1.54) is 4.90 Å². The maximum atomic E-state index is 12.0. The molecule has 1 amide bonds. The minimum Gasteiger partial charge on any atom is -0.480 e. The van der Waals surface area contributed by atoms with Gasteiger partial charge in [-0.15, -0.1) is 0 Å². The number of unbranched alkanes of at least 4 members (excludes halogenated alkanes) is 1. The van der Waals surface area contributed by atoms with Gasteiger partial charge in [0.2, 0.25) is 5.91 Å². The normalized spacial score (nSPS) is 23.9. The molecule has 1 heterocycles. The summed E-state index contributed by atoms with van der Waals surface area (Å²) in [5, 5.41) is 18.8. The lowest BCUT2D eigenvalue weighted by Gasteiger charge is -2.21. The van der Waals surface area contributed by atoms with E-state index in [1.807, 2.05) is 0 Å². The Balaban J connectivity index is 2.30. The molecular formula is C13H23NO4S2. The summed E-state index contributed by atoms with van der Waals surface area (Å²) in [6.45, 7) is 0.130. The molecule has 0 aromatic heterocycles. The van der Waals surface area contributed by atoms with Gasteiger partial charge in [-0.2, -0.15) is 25.3 Å². The predicted molar refractivity (Wildman–Crippen MR) is 83.5 cm³/mol. The molecule has 0 saturated carbocycles. The van der Waals surface area contributed by atoms with Crippen molar-refractivity contribution in [3.8, 4) is 0 Å². The van der Waals surface area contributed by atoms with E-state index in [0.29, 0.717) is 11.7 Å². The van der Waals surface area contributed by atoms with Crippen molar-refractivity contribution in [2.24, 2.45) is 0 Å². The summed E-state index contributed by atoms with van der Waals surface area (Å²) >= 11 is 8.57. The molecule has 0 aromatic carbocycles. The molecule has 2 unspecified atom stereocenters. The number of carboxylic acids is 1. The fraction of sp³-hybridized carbons (Fsp3) is 0.846. The predicted octanol–water partition coefficient (Wildman–Crippen LogP) is 1.21. The molecule has 2 N–H and O–H groups in total. The average molecular weight is 321 g/mol. The highest BCUT2D eigenvalue weighted by Gasteiger charge is 2.38. The maximum absolute atomic E-state index is 12.0. The minimum atomic E-state index is -1.04. The molecule has 1 fully saturated rings. The van der Waals surface area contributed by atoms with E-state index in [0.717, 1.165) is 31.4 Å². The van der Waals surface area contributed by atoms with Gasteiger partial charge in [-0.25, -0.2) is 4.79 Å². The highest BCUT2D eigenvalue weighted by atomic mass is 32.1. The second kappa shape index (κ2) is 8.79. The summed E-state index contributed by atoms with van der Waals surface area (Å²) in [5.74, 6) is -0.419. The number of aliphatic hydroxyl groups is 1. The fourth-order valence-corrected chi connectivity index (χ4v) is 3.24. The van der Waals surface area contributed by atoms with Crippen molar-refractivity contribution in [3.63, 3.8) is 0 Å². The highest BCUT2D eigenvalue weighted by molar-refractivity contribution is 7.81. The van der Waals surface area contributed by atoms with Crippen molar-refractivity contribution in [1.29, 1.82) is 0 Å². The van der Waals surface area contributed by atoms with E-state index >= 15 is 0 Å². The number of carbonyl (C=O) groups excluding carboxylic acids is 1. The number of amides is 1. The van der Waals surface area contributed by atoms with Crippen LogP contribution in [0.25, 0.3) is 0 Å². The monoisotopic (exact) mass is 321 g/mol. The second-order valence-corrected chi connectivity index (χ2v) is 6.38. The first-order chi connectivity index (χ1) is 9.45. The molecule has 0 aromatic rings. The Morgan fingerprint density at radius 2 is 2.00 bits per heavy atom. The van der Waals surface area contributed by atoms with E-state index in [4.69, 9.17) is 5.11 Å². The largest absolute Gasteiger partial charge is 0.480 e. The Morgan fingerprint density at radius 3 is 2.60 bits per heavy atom. The summed E-state index contributed by atoms with van der Waals surface area (Å²) in [4.78, 5) is 24.3. The Kier molecular flexibility index (Phi) is 7.76. The van der Waals surface area contributed by atoms with Crippen molar-refractivity contribution < 1.29 is 19.8 Å². The summed E-state index contributed by atoms with van der Waals surface area (Å²) < 4.78 is 0. The van der Waals surface area contributed by atoms with Gasteiger partial charge in [-0.1, -0.05) is 6.42 Å². The molecule has 3 atom stereocenters. The van der Waals surface area contributed by atoms with Crippen LogP contribution in [-0.2, 0) is 9.59 Å². The van der Waals surface area contributed by atoms with Gasteiger partial charge < -0.3 is 15.1 Å². The summed E-state index contributed by atoms with van der Waals surface area (Å²) in [6, 6.07) is -0.876. The van der Waals surface area contributed by atoms with Crippen LogP contribution in [0, 0.1) is 0 Å². The number of hydrogen-bond acceptors (Lipinski definition) is 5. The zero-order chi connectivity index (χ0) is 15.1. The van der Waals surface area contributed by atoms with Crippen molar-refractivity contribution in [2.45, 2.75) is 55.9 Å². The number of hydrogen-bond donors (Lipinski definition) is 4. The van der Waals surface area contributed by atoms with Crippen LogP contribution in [0.5, 0.6) is 0 Å². The lowest BCUT2D eigenvalue weighted by atomic mass is 10.1. The van der Waals surface area contributed by atoms with Gasteiger partial charge in [0.25, 0.3) is 0 Å². The summed E-state index contributed by atoms with van der Waals surface area (Å²) in [6.07, 6.45) is 3.22. The number of carboxylic acid groups (broad SMARTS) is 1. The Hall–Kier alpha value is -0.400. The van der Waals surface area contributed by atoms with Crippen molar-refractivity contribution >= 4 is 37.1 Å². The number of aliphatic carboxylic acids is 1. The van der Waals surface area contributed by atoms with E-state index in [9.17, 15) is 14.7 Å². The molecule has 1 rings (SSSR count). The smallest absolute Gasteiger partial charge is 0.326 e. The molecule has 20 heavy (non-hydrogen) atoms. The van der Waals surface area contributed by atoms with Gasteiger partial charge in [0.15, 0.2) is 0 Å². The highest BCUT2D eigenvalue weighted by Crippen LogP contribution is 2.20. The standard InChI is InChI=1S/C13H23NO4S2/c15-9-7-11(13(17)18)14(8-9)12(16)4-2-1-3-10(20)5-6-19/h9-11,15,19-20H,1-8H2,(H,17,18)/t9?,10?,11-/m0/s1. The Labute approximate surface area is 130 Å². The number of rotatable bonds is 8. The van der Waals surface area contributed by atoms with Crippen LogP contribution in [0.2, 0.25) is 0 Å². The summed E-state index contributed by atoms with van der Waals surface area (Å²) in [5.41, 5.74) is 0. The SMILES string of the molecule is O=C(O)[C@@H]1CC(O)CN1C(=O)CCCCC(S)CCS. The van der Waals surface area contributed by atoms with Crippen molar-refractivity contribution in [1.82, 2.24) is 4.90 Å². The summed E-state index contributed by atoms with van der Waals surface area (Å²) in [7, 11) is 0. The third kappa shape index (κ3) is 5.54. The van der Waals surface area contributed by atoms with Crippen LogP contribution in [0.15, 0.2) is 0 Å². The first-order valence-corrected chi connectivity index (χ1v) is 8.09. The lowest BCUT2D eigenvalue weighted by Crippen LogP contribution is -2.40. The number of β-amino-alcohol motifs (C(OH)–C–C–N with tert-alkyl or cyclic N) is 1. The molecular weight excluding hydrogens is 298 g/mol. The van der Waals surface area contributed by atoms with Crippen LogP contribution in [0.1, 0.15) is 38.5 Å². The Bertz CT molecular complexity index is 340. The molecule has 116 valence electrons. The molecule has 0 bridgehead atoms. The molecule has 1 saturated heterocycles. The first kappa shape index (κ1) is 17.7. The second-order valence-electron chi connectivity index (χ2n) is 5.20. The molecule has 0 aliphatic carbocycles. The van der Waals surface area contributed by atoms with E-state index in [-0.39, 0.29) is 18.9 Å². The third-order valence-electron chi connectivity index (χ3n) is 3.52. The van der Waals surface area contributed by atoms with E-state index < -0.39 is 18.1 Å². The number of carbonyl (C=O) groups is 2. The van der Waals surface area contributed by atoms with Gasteiger partial charge in [0, 0.05) is 24.6 Å². The maximum Gasteiger partial charge on any atom is 0.326 e. The van der Waals surface area contributed by atoms with Gasteiger partial charge >= 0.3 is 5.97 Å². The van der Waals surface area contributed by atoms with Crippen molar-refractivity contribution in [2.75, 3.05) is 12.3 Å². The Morgan fingerprint density at radius 1 is 1.30 bits per heavy atom. The topological polar surface area (TPSA) is 77.8 Å². The molecule has 0 radical (unpaired) electrons. The molecule has 1 aliphatic heterocycles. The van der Waals surface area contributed by atoms with Gasteiger partial charge in [-0.05, 0) is 25.0 Å². The van der Waals surface area contributed by atoms with E-state index in [1.54, 1.807) is 0 Å². The lowest BCUT2D eigenvalue weighted by molar-refractivity contribution is -0.148. The minimum absolute atomic E-state index is 0.127. The third-order valence-corrected chi connectivity index (χ3v) is 4.30. The van der Waals surface area contributed by atoms with Gasteiger partial charge in [-0.3, -0.25) is 4.79 Å².